The van der Waals surface area contributed by atoms with Gasteiger partial charge in [0, 0.05) is 30.4 Å². The van der Waals surface area contributed by atoms with Gasteiger partial charge in [0.25, 0.3) is 0 Å². The summed E-state index contributed by atoms with van der Waals surface area (Å²) in [5.74, 6) is -1.14. The Hall–Kier alpha value is -4.54. The summed E-state index contributed by atoms with van der Waals surface area (Å²) in [7, 11) is 0. The number of hydrogen-bond donors (Lipinski definition) is 1. The minimum absolute atomic E-state index is 0.106. The van der Waals surface area contributed by atoms with Gasteiger partial charge in [0.1, 0.15) is 17.1 Å². The van der Waals surface area contributed by atoms with E-state index >= 15 is 0 Å². The molecule has 0 fully saturated rings. The minimum atomic E-state index is -4.79. The number of carbonyl (C=O) groups is 2. The summed E-state index contributed by atoms with van der Waals surface area (Å²) in [4.78, 5) is 30.3. The molecule has 0 saturated heterocycles. The van der Waals surface area contributed by atoms with Crippen LogP contribution in [-0.2, 0) is 35.5 Å². The van der Waals surface area contributed by atoms with Crippen molar-refractivity contribution in [2.75, 3.05) is 13.2 Å². The molecular formula is C28H24F3N3O5. The zero-order valence-corrected chi connectivity index (χ0v) is 20.6. The van der Waals surface area contributed by atoms with Crippen LogP contribution in [0.4, 0.5) is 13.2 Å². The Kier molecular flexibility index (Phi) is 7.14. The SMILES string of the molecule is O=C(O)COc1cccc(CC(=O)N2CCc3c(n(Cc4cccc(OC(F)(F)F)c4)c4ncccc34)C2)c1. The highest BCUT2D eigenvalue weighted by Crippen LogP contribution is 2.32. The lowest BCUT2D eigenvalue weighted by molar-refractivity contribution is -0.274. The summed E-state index contributed by atoms with van der Waals surface area (Å²) in [5.41, 5.74) is 3.93. The van der Waals surface area contributed by atoms with E-state index < -0.39 is 18.9 Å². The quantitative estimate of drug-likeness (QED) is 0.353. The second-order valence-corrected chi connectivity index (χ2v) is 9.15. The van der Waals surface area contributed by atoms with Gasteiger partial charge >= 0.3 is 12.3 Å². The number of alkyl halides is 3. The first-order valence-corrected chi connectivity index (χ1v) is 12.2. The summed E-state index contributed by atoms with van der Waals surface area (Å²) in [5, 5.41) is 9.77. The maximum atomic E-state index is 13.3. The largest absolute Gasteiger partial charge is 0.573 e. The number of fused-ring (bicyclic) bond motifs is 3. The first-order valence-electron chi connectivity index (χ1n) is 12.2. The lowest BCUT2D eigenvalue weighted by Crippen LogP contribution is -2.37. The van der Waals surface area contributed by atoms with E-state index in [2.05, 4.69) is 9.72 Å². The number of hydrogen-bond acceptors (Lipinski definition) is 5. The second kappa shape index (κ2) is 10.7. The van der Waals surface area contributed by atoms with Crippen molar-refractivity contribution < 1.29 is 37.3 Å². The topological polar surface area (TPSA) is 93.9 Å². The Labute approximate surface area is 221 Å². The molecule has 0 spiro atoms. The molecule has 1 amide bonds. The van der Waals surface area contributed by atoms with Crippen LogP contribution in [0.15, 0.2) is 66.9 Å². The first-order chi connectivity index (χ1) is 18.7. The van der Waals surface area contributed by atoms with Crippen LogP contribution in [0.5, 0.6) is 11.5 Å². The molecule has 0 unspecified atom stereocenters. The molecule has 0 aliphatic carbocycles. The summed E-state index contributed by atoms with van der Waals surface area (Å²) in [6.07, 6.45) is -2.41. The van der Waals surface area contributed by atoms with Crippen molar-refractivity contribution in [1.82, 2.24) is 14.5 Å². The molecule has 0 bridgehead atoms. The van der Waals surface area contributed by atoms with Gasteiger partial charge < -0.3 is 24.0 Å². The zero-order valence-electron chi connectivity index (χ0n) is 20.6. The highest BCUT2D eigenvalue weighted by Gasteiger charge is 2.31. The van der Waals surface area contributed by atoms with Crippen LogP contribution in [0.25, 0.3) is 11.0 Å². The van der Waals surface area contributed by atoms with Gasteiger partial charge in [-0.2, -0.15) is 0 Å². The molecule has 5 rings (SSSR count). The number of ether oxygens (including phenoxy) is 2. The van der Waals surface area contributed by atoms with Crippen LogP contribution in [0, 0.1) is 0 Å². The van der Waals surface area contributed by atoms with Crippen LogP contribution in [-0.4, -0.2) is 50.9 Å². The summed E-state index contributed by atoms with van der Waals surface area (Å²) in [6.45, 7) is 0.599. The van der Waals surface area contributed by atoms with Gasteiger partial charge in [-0.15, -0.1) is 13.2 Å². The third-order valence-corrected chi connectivity index (χ3v) is 6.46. The number of aromatic nitrogens is 2. The number of aliphatic carboxylic acids is 1. The average Bonchev–Trinajstić information content (AvgIpc) is 3.20. The lowest BCUT2D eigenvalue weighted by Gasteiger charge is -2.29. The van der Waals surface area contributed by atoms with E-state index in [1.54, 1.807) is 41.4 Å². The van der Waals surface area contributed by atoms with E-state index in [0.29, 0.717) is 42.0 Å². The Bertz CT molecular complexity index is 1530. The molecule has 11 heteroatoms. The Morgan fingerprint density at radius 1 is 1.00 bits per heavy atom. The standard InChI is InChI=1S/C28H24F3N3O5/c29-28(30,31)39-21-7-2-5-19(13-21)15-34-24-16-33(11-9-22(24)23-8-3-10-32-27(23)34)25(35)14-18-4-1-6-20(12-18)38-17-26(36)37/h1-8,10,12-13H,9,11,14-17H2,(H,36,37). The number of carboxylic acids is 1. The molecule has 2 aromatic carbocycles. The lowest BCUT2D eigenvalue weighted by atomic mass is 10.0. The molecule has 202 valence electrons. The monoisotopic (exact) mass is 539 g/mol. The van der Waals surface area contributed by atoms with Crippen molar-refractivity contribution in [3.05, 3.63) is 89.2 Å². The van der Waals surface area contributed by atoms with Gasteiger partial charge in [-0.1, -0.05) is 24.3 Å². The van der Waals surface area contributed by atoms with Crippen LogP contribution in [0.1, 0.15) is 22.4 Å². The second-order valence-electron chi connectivity index (χ2n) is 9.15. The number of pyridine rings is 1. The van der Waals surface area contributed by atoms with Gasteiger partial charge in [-0.3, -0.25) is 4.79 Å². The van der Waals surface area contributed by atoms with Gasteiger partial charge in [0.2, 0.25) is 5.91 Å². The predicted molar refractivity (Wildman–Crippen MR) is 134 cm³/mol. The number of carboxylic acid groups (broad SMARTS) is 1. The summed E-state index contributed by atoms with van der Waals surface area (Å²) < 4.78 is 49.5. The zero-order chi connectivity index (χ0) is 27.6. The molecule has 1 N–H and O–H groups in total. The van der Waals surface area contributed by atoms with E-state index in [-0.39, 0.29) is 24.6 Å². The summed E-state index contributed by atoms with van der Waals surface area (Å²) in [6, 6.07) is 16.4. The van der Waals surface area contributed by atoms with Crippen molar-refractivity contribution >= 4 is 22.9 Å². The van der Waals surface area contributed by atoms with E-state index in [4.69, 9.17) is 9.84 Å². The van der Waals surface area contributed by atoms with Crippen LogP contribution >= 0.6 is 0 Å². The highest BCUT2D eigenvalue weighted by molar-refractivity contribution is 5.84. The molecule has 0 atom stereocenters. The van der Waals surface area contributed by atoms with Gasteiger partial charge in [0.05, 0.1) is 13.0 Å². The maximum Gasteiger partial charge on any atom is 0.573 e. The maximum absolute atomic E-state index is 13.3. The first kappa shape index (κ1) is 26.1. The number of nitrogens with zero attached hydrogens (tertiary/aromatic N) is 3. The predicted octanol–water partition coefficient (Wildman–Crippen LogP) is 4.57. The van der Waals surface area contributed by atoms with E-state index in [9.17, 15) is 22.8 Å². The molecule has 3 heterocycles. The molecule has 8 nitrogen and oxygen atoms in total. The normalized spacial score (nSPS) is 13.3. The number of amides is 1. The third kappa shape index (κ3) is 6.14. The number of carbonyl (C=O) groups excluding carboxylic acids is 1. The van der Waals surface area contributed by atoms with Gasteiger partial charge in [-0.25, -0.2) is 9.78 Å². The third-order valence-electron chi connectivity index (χ3n) is 6.46. The van der Waals surface area contributed by atoms with Crippen molar-refractivity contribution in [2.45, 2.75) is 32.3 Å². The Morgan fingerprint density at radius 3 is 2.51 bits per heavy atom. The van der Waals surface area contributed by atoms with E-state index in [1.165, 1.54) is 18.2 Å². The average molecular weight is 540 g/mol. The van der Waals surface area contributed by atoms with Crippen LogP contribution in [0.3, 0.4) is 0 Å². The van der Waals surface area contributed by atoms with Crippen LogP contribution in [0.2, 0.25) is 0 Å². The Morgan fingerprint density at radius 2 is 1.74 bits per heavy atom. The fraction of sp³-hybridized carbons (Fsp3) is 0.250. The fourth-order valence-corrected chi connectivity index (χ4v) is 4.84. The van der Waals surface area contributed by atoms with E-state index in [0.717, 1.165) is 16.6 Å². The molecule has 39 heavy (non-hydrogen) atoms. The number of benzene rings is 2. The molecule has 2 aromatic heterocycles. The number of halogens is 3. The van der Waals surface area contributed by atoms with Gasteiger partial charge in [-0.05, 0) is 59.5 Å². The highest BCUT2D eigenvalue weighted by atomic mass is 19.4. The smallest absolute Gasteiger partial charge is 0.482 e. The molecule has 4 aromatic rings. The molecule has 0 radical (unpaired) electrons. The van der Waals surface area contributed by atoms with Crippen molar-refractivity contribution in [1.29, 1.82) is 0 Å². The number of rotatable bonds is 8. The van der Waals surface area contributed by atoms with Crippen molar-refractivity contribution in [3.63, 3.8) is 0 Å². The fourth-order valence-electron chi connectivity index (χ4n) is 4.84. The summed E-state index contributed by atoms with van der Waals surface area (Å²) >= 11 is 0. The minimum Gasteiger partial charge on any atom is -0.482 e. The van der Waals surface area contributed by atoms with E-state index in [1.807, 2.05) is 16.7 Å². The molecule has 1 aliphatic rings. The molecule has 1 aliphatic heterocycles. The van der Waals surface area contributed by atoms with Crippen molar-refractivity contribution in [2.24, 2.45) is 0 Å². The molecule has 0 saturated carbocycles. The molecular weight excluding hydrogens is 515 g/mol. The van der Waals surface area contributed by atoms with Crippen molar-refractivity contribution in [3.8, 4) is 11.5 Å². The van der Waals surface area contributed by atoms with Crippen LogP contribution < -0.4 is 9.47 Å². The van der Waals surface area contributed by atoms with Gasteiger partial charge in [0.15, 0.2) is 6.61 Å². The Balaban J connectivity index is 1.38.